The van der Waals surface area contributed by atoms with E-state index in [1.165, 1.54) is 18.2 Å². The number of ether oxygens (including phenoxy) is 1. The Morgan fingerprint density at radius 2 is 2.00 bits per heavy atom. The van der Waals surface area contributed by atoms with E-state index in [1.54, 1.807) is 7.11 Å². The van der Waals surface area contributed by atoms with Crippen molar-refractivity contribution in [3.63, 3.8) is 0 Å². The van der Waals surface area contributed by atoms with Crippen LogP contribution in [0.5, 0.6) is 5.75 Å². The van der Waals surface area contributed by atoms with Crippen molar-refractivity contribution in [3.05, 3.63) is 30.5 Å². The summed E-state index contributed by atoms with van der Waals surface area (Å²) in [6.07, 6.45) is 4.24. The fraction of sp³-hybridized carbons (Fsp3) is 0.438. The summed E-state index contributed by atoms with van der Waals surface area (Å²) in [5.74, 6) is 2.51. The molecule has 0 aliphatic heterocycles. The first-order valence-corrected chi connectivity index (χ1v) is 6.95. The number of rotatable bonds is 6. The third kappa shape index (κ3) is 3.16. The van der Waals surface area contributed by atoms with Crippen molar-refractivity contribution in [1.82, 2.24) is 4.98 Å². The number of nitrogens with zero attached hydrogens (tertiary/aromatic N) is 1. The van der Waals surface area contributed by atoms with Crippen LogP contribution in [0.1, 0.15) is 26.7 Å². The van der Waals surface area contributed by atoms with Gasteiger partial charge in [-0.25, -0.2) is 4.98 Å². The van der Waals surface area contributed by atoms with Gasteiger partial charge >= 0.3 is 0 Å². The molecule has 0 amide bonds. The van der Waals surface area contributed by atoms with E-state index in [4.69, 9.17) is 4.74 Å². The average molecular weight is 258 g/mol. The minimum Gasteiger partial charge on any atom is -0.497 e. The van der Waals surface area contributed by atoms with E-state index in [1.807, 2.05) is 24.4 Å². The third-order valence-electron chi connectivity index (χ3n) is 3.69. The zero-order chi connectivity index (χ0) is 13.7. The SMILES string of the molecule is CCC(CC)CNc1nccc2ccc(OC)cc12. The molecule has 2 aromatic rings. The molecule has 0 unspecified atom stereocenters. The molecule has 0 spiro atoms. The van der Waals surface area contributed by atoms with E-state index < -0.39 is 0 Å². The summed E-state index contributed by atoms with van der Waals surface area (Å²) in [7, 11) is 1.69. The van der Waals surface area contributed by atoms with Crippen LogP contribution in [-0.4, -0.2) is 18.6 Å². The highest BCUT2D eigenvalue weighted by Gasteiger charge is 2.07. The Kier molecular flexibility index (Phi) is 4.61. The number of fused-ring (bicyclic) bond motifs is 1. The molecule has 0 aliphatic rings. The van der Waals surface area contributed by atoms with Gasteiger partial charge in [0.1, 0.15) is 11.6 Å². The second-order valence-corrected chi connectivity index (χ2v) is 4.81. The zero-order valence-electron chi connectivity index (χ0n) is 11.9. The molecule has 0 aliphatic carbocycles. The Hall–Kier alpha value is -1.77. The summed E-state index contributed by atoms with van der Waals surface area (Å²) in [6.45, 7) is 5.43. The maximum Gasteiger partial charge on any atom is 0.133 e. The maximum absolute atomic E-state index is 5.29. The highest BCUT2D eigenvalue weighted by atomic mass is 16.5. The van der Waals surface area contributed by atoms with E-state index >= 15 is 0 Å². The van der Waals surface area contributed by atoms with Crippen LogP contribution < -0.4 is 10.1 Å². The number of hydrogen-bond donors (Lipinski definition) is 1. The molecule has 1 aromatic carbocycles. The fourth-order valence-corrected chi connectivity index (χ4v) is 2.23. The average Bonchev–Trinajstić information content (AvgIpc) is 2.47. The number of nitrogens with one attached hydrogen (secondary N) is 1. The molecule has 3 nitrogen and oxygen atoms in total. The summed E-state index contributed by atoms with van der Waals surface area (Å²) in [5, 5.41) is 5.78. The summed E-state index contributed by atoms with van der Waals surface area (Å²) < 4.78 is 5.29. The van der Waals surface area contributed by atoms with Gasteiger partial charge < -0.3 is 10.1 Å². The van der Waals surface area contributed by atoms with Gasteiger partial charge in [-0.1, -0.05) is 32.8 Å². The van der Waals surface area contributed by atoms with Crippen LogP contribution in [0.3, 0.4) is 0 Å². The van der Waals surface area contributed by atoms with Crippen molar-refractivity contribution >= 4 is 16.6 Å². The summed E-state index contributed by atoms with van der Waals surface area (Å²) in [4.78, 5) is 4.46. The number of pyridine rings is 1. The largest absolute Gasteiger partial charge is 0.497 e. The smallest absolute Gasteiger partial charge is 0.133 e. The number of benzene rings is 1. The van der Waals surface area contributed by atoms with E-state index in [2.05, 4.69) is 30.2 Å². The van der Waals surface area contributed by atoms with Crippen LogP contribution in [0.15, 0.2) is 30.5 Å². The topological polar surface area (TPSA) is 34.2 Å². The lowest BCUT2D eigenvalue weighted by Gasteiger charge is -2.15. The first-order chi connectivity index (χ1) is 9.28. The van der Waals surface area contributed by atoms with Crippen molar-refractivity contribution in [1.29, 1.82) is 0 Å². The molecule has 0 radical (unpaired) electrons. The Balaban J connectivity index is 2.26. The molecule has 19 heavy (non-hydrogen) atoms. The van der Waals surface area contributed by atoms with Crippen LogP contribution in [0.2, 0.25) is 0 Å². The molecule has 0 bridgehead atoms. The van der Waals surface area contributed by atoms with Gasteiger partial charge in [0.25, 0.3) is 0 Å². The molecule has 102 valence electrons. The predicted molar refractivity (Wildman–Crippen MR) is 80.9 cm³/mol. The van der Waals surface area contributed by atoms with Gasteiger partial charge in [0.2, 0.25) is 0 Å². The van der Waals surface area contributed by atoms with Crippen LogP contribution in [0, 0.1) is 5.92 Å². The van der Waals surface area contributed by atoms with E-state index in [0.717, 1.165) is 23.5 Å². The Labute approximate surface area is 115 Å². The Morgan fingerprint density at radius 3 is 2.68 bits per heavy atom. The standard InChI is InChI=1S/C16H22N2O/c1-4-12(5-2)11-18-16-15-10-14(19-3)7-6-13(15)8-9-17-16/h6-10,12H,4-5,11H2,1-3H3,(H,17,18). The molecule has 2 rings (SSSR count). The first kappa shape index (κ1) is 13.7. The molecule has 0 saturated carbocycles. The van der Waals surface area contributed by atoms with Crippen molar-refractivity contribution in [2.45, 2.75) is 26.7 Å². The predicted octanol–water partition coefficient (Wildman–Crippen LogP) is 4.09. The Bertz CT molecular complexity index is 535. The molecule has 3 heteroatoms. The number of hydrogen-bond acceptors (Lipinski definition) is 3. The fourth-order valence-electron chi connectivity index (χ4n) is 2.23. The first-order valence-electron chi connectivity index (χ1n) is 6.95. The van der Waals surface area contributed by atoms with Crippen molar-refractivity contribution in [2.24, 2.45) is 5.92 Å². The summed E-state index contributed by atoms with van der Waals surface area (Å²) >= 11 is 0. The zero-order valence-corrected chi connectivity index (χ0v) is 11.9. The summed E-state index contributed by atoms with van der Waals surface area (Å²) in [5.41, 5.74) is 0. The molecule has 0 saturated heterocycles. The van der Waals surface area contributed by atoms with E-state index in [9.17, 15) is 0 Å². The van der Waals surface area contributed by atoms with Crippen LogP contribution in [0.25, 0.3) is 10.8 Å². The van der Waals surface area contributed by atoms with Crippen LogP contribution in [-0.2, 0) is 0 Å². The number of anilines is 1. The third-order valence-corrected chi connectivity index (χ3v) is 3.69. The quantitative estimate of drug-likeness (QED) is 0.847. The Morgan fingerprint density at radius 1 is 1.21 bits per heavy atom. The lowest BCUT2D eigenvalue weighted by molar-refractivity contribution is 0.415. The van der Waals surface area contributed by atoms with Gasteiger partial charge in [0.05, 0.1) is 7.11 Å². The normalized spacial score (nSPS) is 10.9. The maximum atomic E-state index is 5.29. The molecule has 0 fully saturated rings. The van der Waals surface area contributed by atoms with Crippen molar-refractivity contribution in [2.75, 3.05) is 19.0 Å². The molecular formula is C16H22N2O. The van der Waals surface area contributed by atoms with Crippen molar-refractivity contribution in [3.8, 4) is 5.75 Å². The van der Waals surface area contributed by atoms with Crippen LogP contribution >= 0.6 is 0 Å². The van der Waals surface area contributed by atoms with Gasteiger partial charge in [-0.05, 0) is 29.5 Å². The van der Waals surface area contributed by atoms with Crippen LogP contribution in [0.4, 0.5) is 5.82 Å². The van der Waals surface area contributed by atoms with Gasteiger partial charge in [-0.3, -0.25) is 0 Å². The molecule has 0 atom stereocenters. The van der Waals surface area contributed by atoms with E-state index in [0.29, 0.717) is 5.92 Å². The van der Waals surface area contributed by atoms with E-state index in [-0.39, 0.29) is 0 Å². The number of aromatic nitrogens is 1. The highest BCUT2D eigenvalue weighted by molar-refractivity contribution is 5.92. The molecule has 1 aromatic heterocycles. The minimum absolute atomic E-state index is 0.697. The lowest BCUT2D eigenvalue weighted by atomic mass is 10.0. The summed E-state index contributed by atoms with van der Waals surface area (Å²) in [6, 6.07) is 8.11. The second-order valence-electron chi connectivity index (χ2n) is 4.81. The monoisotopic (exact) mass is 258 g/mol. The molecule has 1 heterocycles. The second kappa shape index (κ2) is 6.41. The highest BCUT2D eigenvalue weighted by Crippen LogP contribution is 2.26. The van der Waals surface area contributed by atoms with Gasteiger partial charge in [-0.15, -0.1) is 0 Å². The molecule has 1 N–H and O–H groups in total. The number of methoxy groups -OCH3 is 1. The van der Waals surface area contributed by atoms with Gasteiger partial charge in [-0.2, -0.15) is 0 Å². The van der Waals surface area contributed by atoms with Gasteiger partial charge in [0.15, 0.2) is 0 Å². The van der Waals surface area contributed by atoms with Gasteiger partial charge in [0, 0.05) is 18.1 Å². The van der Waals surface area contributed by atoms with Crippen molar-refractivity contribution < 1.29 is 4.74 Å². The molecular weight excluding hydrogens is 236 g/mol. The minimum atomic E-state index is 0.697. The lowest BCUT2D eigenvalue weighted by Crippen LogP contribution is -2.13.